The molecule has 198 valence electrons. The first-order valence-corrected chi connectivity index (χ1v) is 13.4. The van der Waals surface area contributed by atoms with E-state index in [9.17, 15) is 0 Å². The molecule has 1 aromatic carbocycles. The van der Waals surface area contributed by atoms with Gasteiger partial charge in [-0.05, 0) is 99.5 Å². The quantitative estimate of drug-likeness (QED) is 0.593. The lowest BCUT2D eigenvalue weighted by Gasteiger charge is -2.46. The second-order valence-electron chi connectivity index (χ2n) is 14.7. The van der Waals surface area contributed by atoms with E-state index in [-0.39, 0.29) is 33.6 Å². The standard InChI is InChI=1S/C27H45B3O6/c1-22(2)16-23(3,4)32-28(31-22)19-13-20(29-33-24(5,6)17-25(7,8)34-29)15-21(14-19)30-35-26(9,10)18-27(11,12)36-30/h13-15H,16-18H2,1-12H3. The van der Waals surface area contributed by atoms with Crippen LogP contribution >= 0.6 is 0 Å². The van der Waals surface area contributed by atoms with E-state index >= 15 is 0 Å². The summed E-state index contributed by atoms with van der Waals surface area (Å²) >= 11 is 0. The summed E-state index contributed by atoms with van der Waals surface area (Å²) in [5.74, 6) is 0. The van der Waals surface area contributed by atoms with Crippen LogP contribution in [-0.2, 0) is 27.9 Å². The van der Waals surface area contributed by atoms with Gasteiger partial charge in [-0.2, -0.15) is 0 Å². The highest BCUT2D eigenvalue weighted by Crippen LogP contribution is 2.35. The van der Waals surface area contributed by atoms with Crippen LogP contribution in [0.1, 0.15) is 102 Å². The molecule has 3 heterocycles. The van der Waals surface area contributed by atoms with Gasteiger partial charge in [0.2, 0.25) is 0 Å². The predicted octanol–water partition coefficient (Wildman–Crippen LogP) is 3.75. The van der Waals surface area contributed by atoms with E-state index in [2.05, 4.69) is 101 Å². The molecule has 0 N–H and O–H groups in total. The van der Waals surface area contributed by atoms with Crippen LogP contribution in [0.2, 0.25) is 0 Å². The molecule has 3 aliphatic heterocycles. The SMILES string of the molecule is CC1(C)CC(C)(C)OB(c2cc(B3OC(C)(C)CC(C)(C)O3)cc(B3OC(C)(C)CC(C)(C)O3)c2)O1. The van der Waals surface area contributed by atoms with Crippen molar-refractivity contribution in [2.75, 3.05) is 0 Å². The minimum Gasteiger partial charge on any atom is -0.402 e. The highest BCUT2D eigenvalue weighted by Gasteiger charge is 2.48. The van der Waals surface area contributed by atoms with Crippen molar-refractivity contribution in [2.45, 2.75) is 136 Å². The molecule has 0 unspecified atom stereocenters. The lowest BCUT2D eigenvalue weighted by Crippen LogP contribution is -2.61. The van der Waals surface area contributed by atoms with Crippen molar-refractivity contribution < 1.29 is 27.9 Å². The number of hydrogen-bond acceptors (Lipinski definition) is 6. The molecule has 0 saturated carbocycles. The molecule has 1 aromatic rings. The van der Waals surface area contributed by atoms with Gasteiger partial charge in [0, 0.05) is 19.3 Å². The Balaban J connectivity index is 1.79. The average Bonchev–Trinajstić information content (AvgIpc) is 2.60. The van der Waals surface area contributed by atoms with Gasteiger partial charge in [-0.3, -0.25) is 0 Å². The fourth-order valence-electron chi connectivity index (χ4n) is 6.66. The number of benzene rings is 1. The summed E-state index contributed by atoms with van der Waals surface area (Å²) in [5.41, 5.74) is 0.760. The maximum Gasteiger partial charge on any atom is 0.494 e. The zero-order valence-electron chi connectivity index (χ0n) is 24.5. The number of hydrogen-bond donors (Lipinski definition) is 0. The Morgan fingerprint density at radius 3 is 0.722 bits per heavy atom. The van der Waals surface area contributed by atoms with Gasteiger partial charge in [0.05, 0.1) is 33.6 Å². The summed E-state index contributed by atoms with van der Waals surface area (Å²) in [5, 5.41) is 0. The smallest absolute Gasteiger partial charge is 0.402 e. The summed E-state index contributed by atoms with van der Waals surface area (Å²) in [6, 6.07) is 6.27. The maximum atomic E-state index is 6.46. The maximum absolute atomic E-state index is 6.46. The molecule has 3 saturated heterocycles. The van der Waals surface area contributed by atoms with Crippen molar-refractivity contribution in [3.63, 3.8) is 0 Å². The summed E-state index contributed by atoms with van der Waals surface area (Å²) in [7, 11) is -1.59. The third kappa shape index (κ3) is 6.78. The van der Waals surface area contributed by atoms with Gasteiger partial charge in [-0.25, -0.2) is 0 Å². The highest BCUT2D eigenvalue weighted by atomic mass is 16.6. The minimum absolute atomic E-state index is 0.327. The van der Waals surface area contributed by atoms with Crippen LogP contribution in [-0.4, -0.2) is 55.0 Å². The van der Waals surface area contributed by atoms with E-state index in [0.29, 0.717) is 0 Å². The molecule has 3 aliphatic rings. The average molecular weight is 498 g/mol. The molecule has 36 heavy (non-hydrogen) atoms. The van der Waals surface area contributed by atoms with E-state index in [1.807, 2.05) is 0 Å². The van der Waals surface area contributed by atoms with Crippen molar-refractivity contribution in [3.05, 3.63) is 18.2 Å². The van der Waals surface area contributed by atoms with Gasteiger partial charge >= 0.3 is 21.4 Å². The number of rotatable bonds is 3. The van der Waals surface area contributed by atoms with E-state index in [0.717, 1.165) is 35.7 Å². The van der Waals surface area contributed by atoms with Crippen LogP contribution in [0.3, 0.4) is 0 Å². The summed E-state index contributed by atoms with van der Waals surface area (Å²) < 4.78 is 38.8. The fraction of sp³-hybridized carbons (Fsp3) is 0.778. The molecule has 3 fully saturated rings. The predicted molar refractivity (Wildman–Crippen MR) is 147 cm³/mol. The lowest BCUT2D eigenvalue weighted by molar-refractivity contribution is -0.0720. The molecule has 6 nitrogen and oxygen atoms in total. The molecular formula is C27H45B3O6. The summed E-state index contributed by atoms with van der Waals surface area (Å²) in [6.45, 7) is 25.4. The van der Waals surface area contributed by atoms with Crippen LogP contribution in [0.25, 0.3) is 0 Å². The van der Waals surface area contributed by atoms with Crippen LogP contribution in [0, 0.1) is 0 Å². The minimum atomic E-state index is -0.531. The first-order valence-electron chi connectivity index (χ1n) is 13.4. The zero-order chi connectivity index (χ0) is 26.9. The van der Waals surface area contributed by atoms with Crippen LogP contribution in [0.4, 0.5) is 0 Å². The van der Waals surface area contributed by atoms with Gasteiger partial charge in [0.1, 0.15) is 0 Å². The Labute approximate surface area is 219 Å². The van der Waals surface area contributed by atoms with Gasteiger partial charge in [-0.15, -0.1) is 0 Å². The van der Waals surface area contributed by atoms with Crippen LogP contribution in [0.5, 0.6) is 0 Å². The van der Waals surface area contributed by atoms with E-state index < -0.39 is 21.4 Å². The zero-order valence-corrected chi connectivity index (χ0v) is 24.5. The van der Waals surface area contributed by atoms with Gasteiger partial charge < -0.3 is 27.9 Å². The van der Waals surface area contributed by atoms with Gasteiger partial charge in [0.25, 0.3) is 0 Å². The van der Waals surface area contributed by atoms with Crippen molar-refractivity contribution in [2.24, 2.45) is 0 Å². The lowest BCUT2D eigenvalue weighted by atomic mass is 9.62. The topological polar surface area (TPSA) is 55.4 Å². The normalized spacial score (nSPS) is 28.2. The second-order valence-corrected chi connectivity index (χ2v) is 14.7. The Hall–Kier alpha value is -0.825. The molecule has 9 heteroatoms. The molecule has 0 atom stereocenters. The summed E-state index contributed by atoms with van der Waals surface area (Å²) in [6.07, 6.45) is 2.41. The van der Waals surface area contributed by atoms with E-state index in [4.69, 9.17) is 27.9 Å². The van der Waals surface area contributed by atoms with Crippen molar-refractivity contribution in [1.29, 1.82) is 0 Å². The third-order valence-electron chi connectivity index (χ3n) is 6.93. The van der Waals surface area contributed by atoms with Crippen molar-refractivity contribution in [3.8, 4) is 0 Å². The van der Waals surface area contributed by atoms with Crippen molar-refractivity contribution in [1.82, 2.24) is 0 Å². The first-order chi connectivity index (χ1) is 16.1. The van der Waals surface area contributed by atoms with Gasteiger partial charge in [-0.1, -0.05) is 18.2 Å². The van der Waals surface area contributed by atoms with Crippen molar-refractivity contribution >= 4 is 37.7 Å². The molecule has 4 rings (SSSR count). The Bertz CT molecular complexity index is 804. The van der Waals surface area contributed by atoms with Gasteiger partial charge in [0.15, 0.2) is 0 Å². The molecule has 0 aliphatic carbocycles. The summed E-state index contributed by atoms with van der Waals surface area (Å²) in [4.78, 5) is 0. The monoisotopic (exact) mass is 498 g/mol. The highest BCUT2D eigenvalue weighted by molar-refractivity contribution is 6.69. The Morgan fingerprint density at radius 1 is 0.389 bits per heavy atom. The van der Waals surface area contributed by atoms with E-state index in [1.165, 1.54) is 0 Å². The second kappa shape index (κ2) is 8.85. The molecule has 0 amide bonds. The Kier molecular flexibility index (Phi) is 6.93. The van der Waals surface area contributed by atoms with Crippen LogP contribution in [0.15, 0.2) is 18.2 Å². The molecule has 0 spiro atoms. The molecular weight excluding hydrogens is 453 g/mol. The van der Waals surface area contributed by atoms with Crippen LogP contribution < -0.4 is 16.4 Å². The molecule has 0 bridgehead atoms. The first kappa shape index (κ1) is 28.2. The largest absolute Gasteiger partial charge is 0.494 e. The van der Waals surface area contributed by atoms with E-state index in [1.54, 1.807) is 0 Å². The molecule has 0 radical (unpaired) electrons. The Morgan fingerprint density at radius 2 is 0.556 bits per heavy atom. The fourth-order valence-corrected chi connectivity index (χ4v) is 6.66. The molecule has 0 aromatic heterocycles. The third-order valence-corrected chi connectivity index (χ3v) is 6.93.